The summed E-state index contributed by atoms with van der Waals surface area (Å²) in [7, 11) is 1.94. The highest BCUT2D eigenvalue weighted by Crippen LogP contribution is 2.47. The van der Waals surface area contributed by atoms with Crippen LogP contribution in [0.3, 0.4) is 0 Å². The minimum absolute atomic E-state index is 0.104. The maximum atomic E-state index is 15.8. The lowest BCUT2D eigenvalue weighted by Crippen LogP contribution is -2.27. The number of carbonyl (C=O) groups excluding carboxylic acids is 1. The van der Waals surface area contributed by atoms with Crippen LogP contribution in [0.2, 0.25) is 0 Å². The number of pyridine rings is 3. The summed E-state index contributed by atoms with van der Waals surface area (Å²) in [5.41, 5.74) is 7.92. The average molecular weight is 588 g/mol. The number of fused-ring (bicyclic) bond motifs is 4. The molecule has 3 N–H and O–H groups in total. The predicted molar refractivity (Wildman–Crippen MR) is 172 cm³/mol. The van der Waals surface area contributed by atoms with Gasteiger partial charge in [0.05, 0.1) is 24.0 Å². The van der Waals surface area contributed by atoms with Crippen LogP contribution in [0.5, 0.6) is 0 Å². The Morgan fingerprint density at radius 3 is 2.59 bits per heavy atom. The van der Waals surface area contributed by atoms with Crippen molar-refractivity contribution in [3.63, 3.8) is 0 Å². The lowest BCUT2D eigenvalue weighted by atomic mass is 9.89. The van der Waals surface area contributed by atoms with Gasteiger partial charge in [-0.2, -0.15) is 0 Å². The maximum Gasteiger partial charge on any atom is 0.229 e. The summed E-state index contributed by atoms with van der Waals surface area (Å²) in [6.07, 6.45) is 13.9. The van der Waals surface area contributed by atoms with Gasteiger partial charge in [0.25, 0.3) is 0 Å². The Kier molecular flexibility index (Phi) is 6.77. The van der Waals surface area contributed by atoms with Gasteiger partial charge in [-0.15, -0.1) is 0 Å². The van der Waals surface area contributed by atoms with Gasteiger partial charge in [-0.1, -0.05) is 26.8 Å². The molecular formula is C35H34FN7O. The van der Waals surface area contributed by atoms with E-state index in [0.29, 0.717) is 22.9 Å². The second-order valence-corrected chi connectivity index (χ2v) is 12.5. The van der Waals surface area contributed by atoms with E-state index in [4.69, 9.17) is 4.98 Å². The van der Waals surface area contributed by atoms with E-state index in [-0.39, 0.29) is 17.8 Å². The first kappa shape index (κ1) is 27.9. The Morgan fingerprint density at radius 2 is 1.82 bits per heavy atom. The number of hydrogen-bond donors (Lipinski definition) is 3. The Labute approximate surface area is 256 Å². The molecular weight excluding hydrogens is 553 g/mol. The molecule has 7 rings (SSSR count). The summed E-state index contributed by atoms with van der Waals surface area (Å²) in [6.45, 7) is 6.44. The van der Waals surface area contributed by atoms with Crippen LogP contribution in [0.25, 0.3) is 27.8 Å². The highest BCUT2D eigenvalue weighted by molar-refractivity contribution is 5.96. The summed E-state index contributed by atoms with van der Waals surface area (Å²) in [6, 6.07) is 11.6. The van der Waals surface area contributed by atoms with E-state index in [2.05, 4.69) is 43.0 Å². The highest BCUT2D eigenvalue weighted by atomic mass is 19.1. The fraction of sp³-hybridized carbons (Fsp3) is 0.257. The zero-order valence-electron chi connectivity index (χ0n) is 25.1. The van der Waals surface area contributed by atoms with Gasteiger partial charge in [0.2, 0.25) is 5.91 Å². The second-order valence-electron chi connectivity index (χ2n) is 12.5. The Balaban J connectivity index is 1.29. The van der Waals surface area contributed by atoms with Gasteiger partial charge in [0, 0.05) is 76.0 Å². The van der Waals surface area contributed by atoms with Gasteiger partial charge in [0.15, 0.2) is 0 Å². The molecule has 2 unspecified atom stereocenters. The summed E-state index contributed by atoms with van der Waals surface area (Å²) >= 11 is 0. The predicted octanol–water partition coefficient (Wildman–Crippen LogP) is 6.58. The SMILES string of the molecule is CNC1C=C(C2=CCC3CN3c3cc(F)c(-c4cncc(NC(=O)C(C)(C)C)c4)cc32)Nc2nccc(-c3ccncc3)c21. The molecule has 222 valence electrons. The third-order valence-corrected chi connectivity index (χ3v) is 8.46. The van der Waals surface area contributed by atoms with Gasteiger partial charge in [-0.25, -0.2) is 9.37 Å². The normalized spacial score (nSPS) is 18.5. The van der Waals surface area contributed by atoms with E-state index in [9.17, 15) is 4.79 Å². The smallest absolute Gasteiger partial charge is 0.229 e. The molecule has 8 nitrogen and oxygen atoms in total. The molecule has 0 saturated carbocycles. The van der Waals surface area contributed by atoms with E-state index in [1.165, 1.54) is 0 Å². The fourth-order valence-corrected chi connectivity index (χ4v) is 5.98. The molecule has 2 atom stereocenters. The number of allylic oxidation sites excluding steroid dienone is 1. The highest BCUT2D eigenvalue weighted by Gasteiger charge is 2.39. The van der Waals surface area contributed by atoms with Gasteiger partial charge in [-0.05, 0) is 67.1 Å². The quantitative estimate of drug-likeness (QED) is 0.227. The van der Waals surface area contributed by atoms with Crippen molar-refractivity contribution in [2.24, 2.45) is 5.41 Å². The number of carbonyl (C=O) groups is 1. The van der Waals surface area contributed by atoms with Crippen LogP contribution in [-0.2, 0) is 4.79 Å². The summed E-state index contributed by atoms with van der Waals surface area (Å²) in [5.74, 6) is 0.318. The van der Waals surface area contributed by atoms with Crippen LogP contribution < -0.4 is 20.9 Å². The zero-order chi connectivity index (χ0) is 30.6. The summed E-state index contributed by atoms with van der Waals surface area (Å²) < 4.78 is 15.8. The molecule has 3 aliphatic heterocycles. The van der Waals surface area contributed by atoms with Crippen molar-refractivity contribution in [3.05, 3.63) is 102 Å². The maximum absolute atomic E-state index is 15.8. The van der Waals surface area contributed by atoms with Crippen molar-refractivity contribution in [2.75, 3.05) is 29.1 Å². The van der Waals surface area contributed by atoms with Crippen LogP contribution >= 0.6 is 0 Å². The minimum Gasteiger partial charge on any atom is -0.364 e. The molecule has 0 spiro atoms. The van der Waals surface area contributed by atoms with Crippen molar-refractivity contribution >= 4 is 28.7 Å². The zero-order valence-corrected chi connectivity index (χ0v) is 25.1. The van der Waals surface area contributed by atoms with Crippen molar-refractivity contribution in [3.8, 4) is 22.3 Å². The van der Waals surface area contributed by atoms with Crippen molar-refractivity contribution in [2.45, 2.75) is 39.3 Å². The monoisotopic (exact) mass is 587 g/mol. The Bertz CT molecular complexity index is 1840. The minimum atomic E-state index is -0.571. The lowest BCUT2D eigenvalue weighted by molar-refractivity contribution is -0.123. The van der Waals surface area contributed by atoms with Crippen molar-refractivity contribution < 1.29 is 9.18 Å². The summed E-state index contributed by atoms with van der Waals surface area (Å²) in [4.78, 5) is 28.1. The first-order chi connectivity index (χ1) is 21.2. The van der Waals surface area contributed by atoms with Gasteiger partial charge in [0.1, 0.15) is 11.6 Å². The topological polar surface area (TPSA) is 94.8 Å². The van der Waals surface area contributed by atoms with Crippen LogP contribution in [-0.4, -0.2) is 40.5 Å². The molecule has 0 aliphatic carbocycles. The number of nitrogens with zero attached hydrogens (tertiary/aromatic N) is 4. The van der Waals surface area contributed by atoms with E-state index in [1.54, 1.807) is 36.9 Å². The number of halogens is 1. The molecule has 1 aromatic carbocycles. The third kappa shape index (κ3) is 5.03. The van der Waals surface area contributed by atoms with Crippen LogP contribution in [0.1, 0.15) is 44.4 Å². The van der Waals surface area contributed by atoms with Gasteiger partial charge in [-0.3, -0.25) is 14.8 Å². The molecule has 0 bridgehead atoms. The van der Waals surface area contributed by atoms with Crippen molar-refractivity contribution in [1.82, 2.24) is 20.3 Å². The Hall–Kier alpha value is -4.89. The first-order valence-electron chi connectivity index (χ1n) is 14.8. The molecule has 3 aliphatic rings. The molecule has 3 aromatic heterocycles. The molecule has 44 heavy (non-hydrogen) atoms. The first-order valence-corrected chi connectivity index (χ1v) is 14.8. The largest absolute Gasteiger partial charge is 0.364 e. The molecule has 0 radical (unpaired) electrons. The number of rotatable bonds is 5. The standard InChI is InChI=1S/C35H34FN7O/c1-35(2,3)34(44)41-22-13-21(17-39-18-22)26-14-27-25(6-5-23-19-43(23)31(27)15-28(26)36)29-16-30(37-4)32-24(9-12-40-33(32)42-29)20-7-10-38-11-8-20/h6-18,23,30,37H,5,19H2,1-4H3,(H,40,42)(H,41,44). The second kappa shape index (κ2) is 10.7. The van der Waals surface area contributed by atoms with Gasteiger partial charge >= 0.3 is 0 Å². The van der Waals surface area contributed by atoms with Crippen LogP contribution in [0.15, 0.2) is 85.2 Å². The van der Waals surface area contributed by atoms with Gasteiger partial charge < -0.3 is 20.9 Å². The fourth-order valence-electron chi connectivity index (χ4n) is 5.98. The Morgan fingerprint density at radius 1 is 1.00 bits per heavy atom. The summed E-state index contributed by atoms with van der Waals surface area (Å²) in [5, 5.41) is 9.99. The third-order valence-electron chi connectivity index (χ3n) is 8.46. The molecule has 4 aromatic rings. The number of amides is 1. The number of anilines is 3. The van der Waals surface area contributed by atoms with E-state index in [1.807, 2.05) is 58.3 Å². The lowest BCUT2D eigenvalue weighted by Gasteiger charge is -2.29. The van der Waals surface area contributed by atoms with Crippen molar-refractivity contribution in [1.29, 1.82) is 0 Å². The molecule has 1 fully saturated rings. The number of aromatic nitrogens is 3. The van der Waals surface area contributed by atoms with E-state index in [0.717, 1.165) is 58.0 Å². The molecule has 1 amide bonds. The van der Waals surface area contributed by atoms with Crippen LogP contribution in [0.4, 0.5) is 21.6 Å². The number of nitrogens with one attached hydrogen (secondary N) is 3. The average Bonchev–Trinajstić information content (AvgIpc) is 3.81. The van der Waals surface area contributed by atoms with E-state index < -0.39 is 5.41 Å². The van der Waals surface area contributed by atoms with Crippen LogP contribution in [0, 0.1) is 11.2 Å². The van der Waals surface area contributed by atoms with E-state index >= 15 is 4.39 Å². The molecule has 9 heteroatoms. The number of likely N-dealkylation sites (N-methyl/N-ethyl adjacent to an activating group) is 1. The molecule has 1 saturated heterocycles. The molecule has 6 heterocycles. The number of hydrogen-bond acceptors (Lipinski definition) is 7. The number of benzene rings is 1.